The largest absolute Gasteiger partial charge is 0.371 e. The van der Waals surface area contributed by atoms with E-state index in [1.807, 2.05) is 17.0 Å². The molecule has 2 aromatic rings. The molecule has 2 fully saturated rings. The van der Waals surface area contributed by atoms with E-state index in [2.05, 4.69) is 45.5 Å². The van der Waals surface area contributed by atoms with Gasteiger partial charge in [0, 0.05) is 32.4 Å². The molecule has 28 heavy (non-hydrogen) atoms. The third-order valence-electron chi connectivity index (χ3n) is 5.78. The van der Waals surface area contributed by atoms with E-state index >= 15 is 0 Å². The first-order valence-electron chi connectivity index (χ1n) is 10.1. The number of likely N-dealkylation sites (tertiary alicyclic amines) is 1. The zero-order chi connectivity index (χ0) is 19.2. The van der Waals surface area contributed by atoms with E-state index in [0.717, 1.165) is 44.6 Å². The molecule has 3 heterocycles. The standard InChI is InChI=1S/C22H28N4O2/c27-21(24-20-7-4-11-23-17-20)26-15-16-28-22(18-26)9-13-25(14-10-22)12-8-19-5-2-1-3-6-19/h1-7,11,17H,8-10,12-16,18H2,(H,24,27). The molecule has 4 rings (SSSR count). The monoisotopic (exact) mass is 380 g/mol. The van der Waals surface area contributed by atoms with Gasteiger partial charge in [-0.3, -0.25) is 4.98 Å². The van der Waals surface area contributed by atoms with Crippen LogP contribution in [-0.4, -0.2) is 65.7 Å². The Morgan fingerprint density at radius 1 is 1.11 bits per heavy atom. The van der Waals surface area contributed by atoms with Crippen LogP contribution in [0.5, 0.6) is 0 Å². The summed E-state index contributed by atoms with van der Waals surface area (Å²) < 4.78 is 6.19. The van der Waals surface area contributed by atoms with Crippen molar-refractivity contribution < 1.29 is 9.53 Å². The van der Waals surface area contributed by atoms with Gasteiger partial charge in [0.2, 0.25) is 0 Å². The summed E-state index contributed by atoms with van der Waals surface area (Å²) in [5, 5.41) is 2.94. The lowest BCUT2D eigenvalue weighted by molar-refractivity contribution is -0.124. The summed E-state index contributed by atoms with van der Waals surface area (Å²) in [5.41, 5.74) is 1.91. The Morgan fingerprint density at radius 2 is 1.93 bits per heavy atom. The number of carbonyl (C=O) groups excluding carboxylic acids is 1. The summed E-state index contributed by atoms with van der Waals surface area (Å²) in [7, 11) is 0. The van der Waals surface area contributed by atoms with Crippen molar-refractivity contribution >= 4 is 11.7 Å². The van der Waals surface area contributed by atoms with Gasteiger partial charge in [-0.05, 0) is 37.0 Å². The number of urea groups is 1. The van der Waals surface area contributed by atoms with E-state index < -0.39 is 0 Å². The lowest BCUT2D eigenvalue weighted by Crippen LogP contribution is -2.58. The van der Waals surface area contributed by atoms with Crippen molar-refractivity contribution in [3.05, 3.63) is 60.4 Å². The van der Waals surface area contributed by atoms with Crippen molar-refractivity contribution in [2.24, 2.45) is 0 Å². The molecular formula is C22H28N4O2. The average Bonchev–Trinajstić information content (AvgIpc) is 2.75. The van der Waals surface area contributed by atoms with Gasteiger partial charge in [0.15, 0.2) is 0 Å². The molecule has 0 saturated carbocycles. The fraction of sp³-hybridized carbons (Fsp3) is 0.455. The lowest BCUT2D eigenvalue weighted by Gasteiger charge is -2.47. The number of aromatic nitrogens is 1. The first-order chi connectivity index (χ1) is 13.7. The zero-order valence-corrected chi connectivity index (χ0v) is 16.2. The molecular weight excluding hydrogens is 352 g/mol. The molecule has 6 nitrogen and oxygen atoms in total. The number of hydrogen-bond acceptors (Lipinski definition) is 4. The highest BCUT2D eigenvalue weighted by Gasteiger charge is 2.40. The van der Waals surface area contributed by atoms with Gasteiger partial charge in [-0.15, -0.1) is 0 Å². The van der Waals surface area contributed by atoms with Crippen LogP contribution in [0.15, 0.2) is 54.9 Å². The van der Waals surface area contributed by atoms with E-state index in [9.17, 15) is 4.79 Å². The fourth-order valence-electron chi connectivity index (χ4n) is 4.08. The molecule has 1 aromatic heterocycles. The molecule has 2 amide bonds. The Morgan fingerprint density at radius 3 is 2.68 bits per heavy atom. The van der Waals surface area contributed by atoms with Crippen LogP contribution in [0.25, 0.3) is 0 Å². The molecule has 2 aliphatic rings. The van der Waals surface area contributed by atoms with Crippen LogP contribution < -0.4 is 5.32 Å². The van der Waals surface area contributed by atoms with Crippen molar-refractivity contribution in [2.45, 2.75) is 24.9 Å². The summed E-state index contributed by atoms with van der Waals surface area (Å²) in [6.45, 7) is 5.00. The Labute approximate surface area is 166 Å². The van der Waals surface area contributed by atoms with Gasteiger partial charge in [-0.1, -0.05) is 30.3 Å². The summed E-state index contributed by atoms with van der Waals surface area (Å²) in [6, 6.07) is 14.2. The van der Waals surface area contributed by atoms with Crippen LogP contribution in [0.4, 0.5) is 10.5 Å². The number of rotatable bonds is 4. The van der Waals surface area contributed by atoms with Gasteiger partial charge in [0.25, 0.3) is 0 Å². The van der Waals surface area contributed by atoms with Gasteiger partial charge < -0.3 is 19.9 Å². The minimum atomic E-state index is -0.201. The van der Waals surface area contributed by atoms with Gasteiger partial charge in [-0.25, -0.2) is 4.79 Å². The van der Waals surface area contributed by atoms with Gasteiger partial charge in [0.1, 0.15) is 0 Å². The highest BCUT2D eigenvalue weighted by molar-refractivity contribution is 5.89. The van der Waals surface area contributed by atoms with E-state index in [1.54, 1.807) is 12.4 Å². The van der Waals surface area contributed by atoms with Crippen LogP contribution in [0, 0.1) is 0 Å². The summed E-state index contributed by atoms with van der Waals surface area (Å²) in [5.74, 6) is 0. The lowest BCUT2D eigenvalue weighted by atomic mass is 9.89. The van der Waals surface area contributed by atoms with Crippen LogP contribution in [0.1, 0.15) is 18.4 Å². The molecule has 2 saturated heterocycles. The number of benzene rings is 1. The Kier molecular flexibility index (Phi) is 5.88. The fourth-order valence-corrected chi connectivity index (χ4v) is 4.08. The second kappa shape index (κ2) is 8.71. The molecule has 2 aliphatic heterocycles. The molecule has 0 bridgehead atoms. The molecule has 6 heteroatoms. The summed E-state index contributed by atoms with van der Waals surface area (Å²) >= 11 is 0. The second-order valence-corrected chi connectivity index (χ2v) is 7.70. The Bertz CT molecular complexity index is 761. The maximum absolute atomic E-state index is 12.6. The molecule has 148 valence electrons. The SMILES string of the molecule is O=C(Nc1cccnc1)N1CCOC2(CCN(CCc3ccccc3)CC2)C1. The first-order valence-corrected chi connectivity index (χ1v) is 10.1. The summed E-state index contributed by atoms with van der Waals surface area (Å²) in [4.78, 5) is 21.1. The van der Waals surface area contributed by atoms with Crippen LogP contribution in [0.3, 0.4) is 0 Å². The van der Waals surface area contributed by atoms with Gasteiger partial charge in [-0.2, -0.15) is 0 Å². The molecule has 0 radical (unpaired) electrons. The number of hydrogen-bond donors (Lipinski definition) is 1. The number of pyridine rings is 1. The van der Waals surface area contributed by atoms with E-state index in [1.165, 1.54) is 5.56 Å². The minimum absolute atomic E-state index is 0.0674. The molecule has 0 atom stereocenters. The average molecular weight is 380 g/mol. The normalized spacial score (nSPS) is 19.5. The van der Waals surface area contributed by atoms with Crippen LogP contribution >= 0.6 is 0 Å². The highest BCUT2D eigenvalue weighted by atomic mass is 16.5. The second-order valence-electron chi connectivity index (χ2n) is 7.70. The molecule has 1 aromatic carbocycles. The predicted octanol–water partition coefficient (Wildman–Crippen LogP) is 3.02. The Hall–Kier alpha value is -2.44. The molecule has 1 N–H and O–H groups in total. The van der Waals surface area contributed by atoms with Gasteiger partial charge >= 0.3 is 6.03 Å². The number of nitrogens with zero attached hydrogens (tertiary/aromatic N) is 3. The smallest absolute Gasteiger partial charge is 0.322 e. The van der Waals surface area contributed by atoms with Crippen molar-refractivity contribution in [2.75, 3.05) is 44.6 Å². The number of morpholine rings is 1. The molecule has 0 unspecified atom stereocenters. The van der Waals surface area contributed by atoms with Crippen molar-refractivity contribution in [3.8, 4) is 0 Å². The number of carbonyl (C=O) groups is 1. The van der Waals surface area contributed by atoms with Crippen molar-refractivity contribution in [1.82, 2.24) is 14.8 Å². The molecule has 1 spiro atoms. The maximum atomic E-state index is 12.6. The summed E-state index contributed by atoms with van der Waals surface area (Å²) in [6.07, 6.45) is 6.38. The van der Waals surface area contributed by atoms with Gasteiger partial charge in [0.05, 0.1) is 30.6 Å². The number of nitrogens with one attached hydrogen (secondary N) is 1. The van der Waals surface area contributed by atoms with E-state index in [-0.39, 0.29) is 11.6 Å². The van der Waals surface area contributed by atoms with Crippen molar-refractivity contribution in [3.63, 3.8) is 0 Å². The van der Waals surface area contributed by atoms with Crippen LogP contribution in [0.2, 0.25) is 0 Å². The van der Waals surface area contributed by atoms with E-state index in [4.69, 9.17) is 4.74 Å². The quantitative estimate of drug-likeness (QED) is 0.886. The number of anilines is 1. The van der Waals surface area contributed by atoms with Crippen molar-refractivity contribution in [1.29, 1.82) is 0 Å². The molecule has 0 aliphatic carbocycles. The van der Waals surface area contributed by atoms with E-state index in [0.29, 0.717) is 19.7 Å². The number of piperidine rings is 1. The first kappa shape index (κ1) is 18.9. The third kappa shape index (κ3) is 4.69. The topological polar surface area (TPSA) is 57.7 Å². The van der Waals surface area contributed by atoms with Crippen LogP contribution in [-0.2, 0) is 11.2 Å². The third-order valence-corrected chi connectivity index (χ3v) is 5.78. The minimum Gasteiger partial charge on any atom is -0.371 e. The highest BCUT2D eigenvalue weighted by Crippen LogP contribution is 2.30. The zero-order valence-electron chi connectivity index (χ0n) is 16.2. The number of amides is 2. The maximum Gasteiger partial charge on any atom is 0.322 e. The number of ether oxygens (including phenoxy) is 1. The Balaban J connectivity index is 1.28. The predicted molar refractivity (Wildman–Crippen MR) is 109 cm³/mol.